The van der Waals surface area contributed by atoms with Gasteiger partial charge < -0.3 is 14.8 Å². The Bertz CT molecular complexity index is 840. The van der Waals surface area contributed by atoms with E-state index in [1.165, 1.54) is 11.8 Å². The molecule has 0 fully saturated rings. The van der Waals surface area contributed by atoms with Crippen LogP contribution >= 0.6 is 0 Å². The Hall–Kier alpha value is -3.23. The zero-order valence-corrected chi connectivity index (χ0v) is 14.0. The number of nitrogens with one attached hydrogen (secondary N) is 1. The van der Waals surface area contributed by atoms with E-state index in [9.17, 15) is 9.59 Å². The molecule has 25 heavy (non-hydrogen) atoms. The fourth-order valence-corrected chi connectivity index (χ4v) is 2.71. The van der Waals surface area contributed by atoms with Crippen molar-refractivity contribution in [1.82, 2.24) is 20.2 Å². The summed E-state index contributed by atoms with van der Waals surface area (Å²) < 4.78 is 11.4. The van der Waals surface area contributed by atoms with Gasteiger partial charge in [0.2, 0.25) is 5.95 Å². The van der Waals surface area contributed by atoms with Gasteiger partial charge in [0.15, 0.2) is 0 Å². The SMILES string of the molecule is CCOC(=O)C1=C(C)Nc2nnnn2[C@H]1c1ccc(C(=O)OC)cc1. The monoisotopic (exact) mass is 343 g/mol. The van der Waals surface area contributed by atoms with E-state index in [1.54, 1.807) is 38.1 Å². The standard InChI is InChI=1S/C16H17N5O4/c1-4-25-15(23)12-9(2)17-16-18-19-20-21(16)13(12)10-5-7-11(8-6-10)14(22)24-3/h5-8,13H,4H2,1-3H3,(H,17,18,20)/t13-/m0/s1. The quantitative estimate of drug-likeness (QED) is 0.828. The van der Waals surface area contributed by atoms with Gasteiger partial charge in [0, 0.05) is 5.70 Å². The average molecular weight is 343 g/mol. The number of aromatic nitrogens is 4. The molecule has 0 unspecified atom stereocenters. The van der Waals surface area contributed by atoms with Crippen LogP contribution in [0, 0.1) is 0 Å². The van der Waals surface area contributed by atoms with Gasteiger partial charge in [0.05, 0.1) is 24.9 Å². The van der Waals surface area contributed by atoms with Crippen molar-refractivity contribution >= 4 is 17.9 Å². The number of anilines is 1. The number of carbonyl (C=O) groups excluding carboxylic acids is 2. The summed E-state index contributed by atoms with van der Waals surface area (Å²) in [6.07, 6.45) is 0. The third-order valence-electron chi connectivity index (χ3n) is 3.86. The second-order valence-electron chi connectivity index (χ2n) is 5.35. The molecule has 1 N–H and O–H groups in total. The second kappa shape index (κ2) is 6.71. The summed E-state index contributed by atoms with van der Waals surface area (Å²) in [5, 5.41) is 14.5. The highest BCUT2D eigenvalue weighted by molar-refractivity contribution is 5.92. The number of nitrogens with zero attached hydrogens (tertiary/aromatic N) is 4. The van der Waals surface area contributed by atoms with E-state index in [1.807, 2.05) is 0 Å². The smallest absolute Gasteiger partial charge is 0.338 e. The Morgan fingerprint density at radius 3 is 2.60 bits per heavy atom. The molecule has 1 atom stereocenters. The molecule has 0 bridgehead atoms. The largest absolute Gasteiger partial charge is 0.465 e. The van der Waals surface area contributed by atoms with Crippen molar-refractivity contribution in [2.24, 2.45) is 0 Å². The number of tetrazole rings is 1. The zero-order valence-electron chi connectivity index (χ0n) is 14.0. The molecule has 0 saturated heterocycles. The van der Waals surface area contributed by atoms with Gasteiger partial charge in [0.25, 0.3) is 0 Å². The minimum absolute atomic E-state index is 0.256. The van der Waals surface area contributed by atoms with Crippen molar-refractivity contribution < 1.29 is 19.1 Å². The van der Waals surface area contributed by atoms with E-state index < -0.39 is 18.0 Å². The summed E-state index contributed by atoms with van der Waals surface area (Å²) in [5.74, 6) is -0.458. The molecule has 3 rings (SSSR count). The fraction of sp³-hybridized carbons (Fsp3) is 0.312. The molecular weight excluding hydrogens is 326 g/mol. The van der Waals surface area contributed by atoms with Crippen molar-refractivity contribution in [3.8, 4) is 0 Å². The molecule has 1 aliphatic rings. The van der Waals surface area contributed by atoms with Crippen molar-refractivity contribution in [1.29, 1.82) is 0 Å². The number of ether oxygens (including phenoxy) is 2. The number of fused-ring (bicyclic) bond motifs is 1. The highest BCUT2D eigenvalue weighted by Crippen LogP contribution is 2.34. The van der Waals surface area contributed by atoms with Crippen molar-refractivity contribution in [3.63, 3.8) is 0 Å². The predicted molar refractivity (Wildman–Crippen MR) is 86.7 cm³/mol. The third kappa shape index (κ3) is 2.95. The van der Waals surface area contributed by atoms with Crippen LogP contribution in [0.15, 0.2) is 35.5 Å². The van der Waals surface area contributed by atoms with Crippen molar-refractivity contribution in [2.75, 3.05) is 19.0 Å². The number of esters is 2. The zero-order chi connectivity index (χ0) is 18.0. The molecule has 130 valence electrons. The van der Waals surface area contributed by atoms with Crippen LogP contribution in [-0.4, -0.2) is 45.9 Å². The molecule has 9 nitrogen and oxygen atoms in total. The number of allylic oxidation sites excluding steroid dienone is 1. The fourth-order valence-electron chi connectivity index (χ4n) is 2.71. The Balaban J connectivity index is 2.07. The van der Waals surface area contributed by atoms with Crippen LogP contribution in [0.3, 0.4) is 0 Å². The van der Waals surface area contributed by atoms with Gasteiger partial charge in [-0.3, -0.25) is 0 Å². The first-order valence-corrected chi connectivity index (χ1v) is 7.67. The molecule has 9 heteroatoms. The van der Waals surface area contributed by atoms with Crippen LogP contribution in [0.2, 0.25) is 0 Å². The molecule has 1 aromatic carbocycles. The van der Waals surface area contributed by atoms with E-state index in [4.69, 9.17) is 9.47 Å². The maximum atomic E-state index is 12.5. The lowest BCUT2D eigenvalue weighted by Crippen LogP contribution is -2.29. The van der Waals surface area contributed by atoms with Crippen LogP contribution in [-0.2, 0) is 14.3 Å². The Morgan fingerprint density at radius 1 is 1.24 bits per heavy atom. The molecule has 0 spiro atoms. The van der Waals surface area contributed by atoms with Gasteiger partial charge >= 0.3 is 11.9 Å². The highest BCUT2D eigenvalue weighted by atomic mass is 16.5. The lowest BCUT2D eigenvalue weighted by molar-refractivity contribution is -0.139. The molecule has 2 heterocycles. The molecule has 0 amide bonds. The summed E-state index contributed by atoms with van der Waals surface area (Å²) in [6.45, 7) is 3.76. The van der Waals surface area contributed by atoms with Crippen LogP contribution in [0.5, 0.6) is 0 Å². The van der Waals surface area contributed by atoms with Gasteiger partial charge in [-0.15, -0.1) is 0 Å². The number of methoxy groups -OCH3 is 1. The molecule has 2 aromatic rings. The molecule has 1 aromatic heterocycles. The second-order valence-corrected chi connectivity index (χ2v) is 5.35. The van der Waals surface area contributed by atoms with E-state index in [0.29, 0.717) is 22.8 Å². The van der Waals surface area contributed by atoms with E-state index in [0.717, 1.165) is 5.56 Å². The van der Waals surface area contributed by atoms with Crippen LogP contribution in [0.4, 0.5) is 5.95 Å². The van der Waals surface area contributed by atoms with Crippen LogP contribution in [0.1, 0.15) is 35.8 Å². The number of hydrogen-bond donors (Lipinski definition) is 1. The molecular formula is C16H17N5O4. The number of benzene rings is 1. The summed E-state index contributed by atoms with van der Waals surface area (Å²) in [7, 11) is 1.32. The first-order valence-electron chi connectivity index (χ1n) is 7.67. The van der Waals surface area contributed by atoms with Crippen molar-refractivity contribution in [3.05, 3.63) is 46.7 Å². The third-order valence-corrected chi connectivity index (χ3v) is 3.86. The maximum Gasteiger partial charge on any atom is 0.338 e. The molecule has 1 aliphatic heterocycles. The van der Waals surface area contributed by atoms with Gasteiger partial charge in [-0.25, -0.2) is 9.59 Å². The Morgan fingerprint density at radius 2 is 1.96 bits per heavy atom. The summed E-state index contributed by atoms with van der Waals surface area (Å²) in [5.41, 5.74) is 2.18. The first kappa shape index (κ1) is 16.6. The summed E-state index contributed by atoms with van der Waals surface area (Å²) >= 11 is 0. The highest BCUT2D eigenvalue weighted by Gasteiger charge is 2.34. The molecule has 0 aliphatic carbocycles. The number of hydrogen-bond acceptors (Lipinski definition) is 8. The van der Waals surface area contributed by atoms with Gasteiger partial charge in [-0.2, -0.15) is 4.68 Å². The Labute approximate surface area is 143 Å². The van der Waals surface area contributed by atoms with E-state index in [2.05, 4.69) is 20.8 Å². The predicted octanol–water partition coefficient (Wildman–Crippen LogP) is 1.31. The van der Waals surface area contributed by atoms with Gasteiger partial charge in [-0.1, -0.05) is 17.2 Å². The summed E-state index contributed by atoms with van der Waals surface area (Å²) in [4.78, 5) is 24.1. The lowest BCUT2D eigenvalue weighted by atomic mass is 9.95. The van der Waals surface area contributed by atoms with E-state index >= 15 is 0 Å². The minimum atomic E-state index is -0.558. The minimum Gasteiger partial charge on any atom is -0.465 e. The van der Waals surface area contributed by atoms with E-state index in [-0.39, 0.29) is 6.61 Å². The van der Waals surface area contributed by atoms with Crippen LogP contribution < -0.4 is 5.32 Å². The number of rotatable bonds is 4. The topological polar surface area (TPSA) is 108 Å². The van der Waals surface area contributed by atoms with Crippen molar-refractivity contribution in [2.45, 2.75) is 19.9 Å². The molecule has 0 saturated carbocycles. The number of carbonyl (C=O) groups is 2. The normalized spacial score (nSPS) is 16.0. The Kier molecular flexibility index (Phi) is 4.46. The lowest BCUT2D eigenvalue weighted by Gasteiger charge is -2.27. The summed E-state index contributed by atoms with van der Waals surface area (Å²) in [6, 6.07) is 6.17. The first-order chi connectivity index (χ1) is 12.1. The maximum absolute atomic E-state index is 12.5. The van der Waals surface area contributed by atoms with Gasteiger partial charge in [0.1, 0.15) is 6.04 Å². The average Bonchev–Trinajstić information content (AvgIpc) is 3.08. The van der Waals surface area contributed by atoms with Gasteiger partial charge in [-0.05, 0) is 42.0 Å². The molecule has 0 radical (unpaired) electrons. The van der Waals surface area contributed by atoms with Crippen LogP contribution in [0.25, 0.3) is 0 Å².